The van der Waals surface area contributed by atoms with Crippen LogP contribution >= 0.6 is 0 Å². The summed E-state index contributed by atoms with van der Waals surface area (Å²) >= 11 is 0. The zero-order chi connectivity index (χ0) is 10.7. The van der Waals surface area contributed by atoms with Crippen LogP contribution in [0.25, 0.3) is 0 Å². The van der Waals surface area contributed by atoms with E-state index in [0.717, 1.165) is 0 Å². The molecule has 0 aromatic rings. The first kappa shape index (κ1) is 12.4. The lowest BCUT2D eigenvalue weighted by Gasteiger charge is -2.32. The Morgan fingerprint density at radius 3 is 2.08 bits per heavy atom. The average molecular weight is 187 g/mol. The Hall–Kier alpha value is -0.570. The quantitative estimate of drug-likeness (QED) is 0.712. The van der Waals surface area contributed by atoms with Gasteiger partial charge in [-0.05, 0) is 27.2 Å². The van der Waals surface area contributed by atoms with Gasteiger partial charge in [0.25, 0.3) is 0 Å². The number of carbonyl (C=O) groups is 1. The molecule has 0 spiro atoms. The minimum Gasteiger partial charge on any atom is -0.376 e. The third-order valence-corrected chi connectivity index (χ3v) is 2.07. The lowest BCUT2D eigenvalue weighted by Crippen LogP contribution is -2.39. The van der Waals surface area contributed by atoms with Crippen molar-refractivity contribution in [3.05, 3.63) is 0 Å². The summed E-state index contributed by atoms with van der Waals surface area (Å²) in [5, 5.41) is 0. The molecule has 0 aliphatic rings. The van der Waals surface area contributed by atoms with Crippen molar-refractivity contribution < 1.29 is 9.53 Å². The number of hydrogen-bond acceptors (Lipinski definition) is 2. The van der Waals surface area contributed by atoms with Crippen LogP contribution in [0.3, 0.4) is 0 Å². The van der Waals surface area contributed by atoms with Gasteiger partial charge in [0.2, 0.25) is 5.91 Å². The molecule has 0 radical (unpaired) electrons. The van der Waals surface area contributed by atoms with E-state index in [0.29, 0.717) is 13.0 Å². The van der Waals surface area contributed by atoms with E-state index in [4.69, 9.17) is 10.5 Å². The molecule has 13 heavy (non-hydrogen) atoms. The Balaban J connectivity index is 4.33. The van der Waals surface area contributed by atoms with Crippen LogP contribution < -0.4 is 5.73 Å². The zero-order valence-electron chi connectivity index (χ0n) is 9.31. The molecule has 78 valence electrons. The van der Waals surface area contributed by atoms with Gasteiger partial charge in [0.1, 0.15) is 0 Å². The van der Waals surface area contributed by atoms with Gasteiger partial charge >= 0.3 is 0 Å². The molecule has 0 atom stereocenters. The first-order valence-electron chi connectivity index (χ1n) is 4.65. The molecular formula is C10H21NO2. The van der Waals surface area contributed by atoms with Crippen molar-refractivity contribution in [3.8, 4) is 0 Å². The monoisotopic (exact) mass is 187 g/mol. The van der Waals surface area contributed by atoms with Crippen LogP contribution in [-0.4, -0.2) is 18.1 Å². The van der Waals surface area contributed by atoms with Crippen LogP contribution in [0.1, 0.15) is 41.0 Å². The smallest absolute Gasteiger partial charge is 0.223 e. The van der Waals surface area contributed by atoms with Crippen LogP contribution in [-0.2, 0) is 9.53 Å². The van der Waals surface area contributed by atoms with Crippen molar-refractivity contribution >= 4 is 5.91 Å². The van der Waals surface area contributed by atoms with E-state index in [-0.39, 0.29) is 11.5 Å². The molecule has 0 saturated carbocycles. The number of amides is 1. The van der Waals surface area contributed by atoms with E-state index in [1.54, 1.807) is 0 Å². The number of carbonyl (C=O) groups excluding carboxylic acids is 1. The molecule has 0 saturated heterocycles. The highest BCUT2D eigenvalue weighted by Crippen LogP contribution is 2.29. The van der Waals surface area contributed by atoms with Crippen LogP contribution in [0.4, 0.5) is 0 Å². The molecule has 3 nitrogen and oxygen atoms in total. The van der Waals surface area contributed by atoms with Gasteiger partial charge in [0, 0.05) is 12.0 Å². The van der Waals surface area contributed by atoms with Gasteiger partial charge < -0.3 is 10.5 Å². The van der Waals surface area contributed by atoms with Gasteiger partial charge in [0.05, 0.1) is 5.60 Å². The molecule has 0 aliphatic heterocycles. The van der Waals surface area contributed by atoms with Crippen molar-refractivity contribution in [3.63, 3.8) is 0 Å². The summed E-state index contributed by atoms with van der Waals surface area (Å²) in [6.45, 7) is 10.2. The molecule has 0 bridgehead atoms. The van der Waals surface area contributed by atoms with Gasteiger partial charge in [-0.1, -0.05) is 13.8 Å². The Kier molecular flexibility index (Phi) is 3.91. The zero-order valence-corrected chi connectivity index (χ0v) is 9.31. The van der Waals surface area contributed by atoms with Crippen molar-refractivity contribution in [2.24, 2.45) is 11.1 Å². The molecule has 3 heteroatoms. The summed E-state index contributed by atoms with van der Waals surface area (Å²) in [5.74, 6) is -0.278. The number of nitrogens with two attached hydrogens (primary N) is 1. The van der Waals surface area contributed by atoms with E-state index in [1.807, 2.05) is 34.6 Å². The molecule has 0 unspecified atom stereocenters. The van der Waals surface area contributed by atoms with Crippen molar-refractivity contribution in [2.75, 3.05) is 6.61 Å². The van der Waals surface area contributed by atoms with Crippen LogP contribution in [0.15, 0.2) is 0 Å². The molecule has 0 aromatic carbocycles. The first-order valence-corrected chi connectivity index (χ1v) is 4.65. The number of primary amides is 1. The maximum atomic E-state index is 11.1. The minimum atomic E-state index is -0.501. The Labute approximate surface area is 80.6 Å². The third kappa shape index (κ3) is 4.27. The number of ether oxygens (including phenoxy) is 1. The third-order valence-electron chi connectivity index (χ3n) is 2.07. The second kappa shape index (κ2) is 4.09. The Bertz CT molecular complexity index is 185. The maximum Gasteiger partial charge on any atom is 0.223 e. The number of hydrogen-bond donors (Lipinski definition) is 1. The fourth-order valence-electron chi connectivity index (χ4n) is 1.59. The van der Waals surface area contributed by atoms with E-state index in [2.05, 4.69) is 0 Å². The van der Waals surface area contributed by atoms with E-state index in [1.165, 1.54) is 0 Å². The lowest BCUT2D eigenvalue weighted by molar-refractivity contribution is -0.130. The predicted molar refractivity (Wildman–Crippen MR) is 53.3 cm³/mol. The molecular weight excluding hydrogens is 166 g/mol. The number of rotatable bonds is 5. The maximum absolute atomic E-state index is 11.1. The lowest BCUT2D eigenvalue weighted by atomic mass is 9.81. The average Bonchev–Trinajstić information content (AvgIpc) is 1.83. The van der Waals surface area contributed by atoms with Crippen LogP contribution in [0.2, 0.25) is 0 Å². The van der Waals surface area contributed by atoms with Gasteiger partial charge in [0.15, 0.2) is 0 Å². The highest BCUT2D eigenvalue weighted by Gasteiger charge is 2.33. The highest BCUT2D eigenvalue weighted by atomic mass is 16.5. The molecule has 0 fully saturated rings. The molecule has 2 N–H and O–H groups in total. The summed E-state index contributed by atoms with van der Waals surface area (Å²) < 4.78 is 5.51. The van der Waals surface area contributed by atoms with E-state index >= 15 is 0 Å². The summed E-state index contributed by atoms with van der Waals surface area (Å²) in [6.07, 6.45) is 0.642. The van der Waals surface area contributed by atoms with Gasteiger partial charge in [-0.25, -0.2) is 0 Å². The van der Waals surface area contributed by atoms with Gasteiger partial charge in [-0.3, -0.25) is 4.79 Å². The predicted octanol–water partition coefficient (Wildman–Crippen LogP) is 1.70. The molecule has 0 rings (SSSR count). The van der Waals surface area contributed by atoms with Crippen LogP contribution in [0.5, 0.6) is 0 Å². The fraction of sp³-hybridized carbons (Fsp3) is 0.900. The highest BCUT2D eigenvalue weighted by molar-refractivity contribution is 5.79. The van der Waals surface area contributed by atoms with Crippen molar-refractivity contribution in [2.45, 2.75) is 46.6 Å². The summed E-state index contributed by atoms with van der Waals surface area (Å²) in [5.41, 5.74) is 4.49. The van der Waals surface area contributed by atoms with Crippen LogP contribution in [0, 0.1) is 5.41 Å². The largest absolute Gasteiger partial charge is 0.376 e. The summed E-state index contributed by atoms with van der Waals surface area (Å²) in [6, 6.07) is 0. The topological polar surface area (TPSA) is 52.3 Å². The molecule has 0 aromatic heterocycles. The standard InChI is InChI=1S/C10H21NO2/c1-6-13-10(4,5)7-9(2,3)8(11)12/h6-7H2,1-5H3,(H2,11,12). The fourth-order valence-corrected chi connectivity index (χ4v) is 1.59. The Morgan fingerprint density at radius 1 is 1.31 bits per heavy atom. The molecule has 1 amide bonds. The normalized spacial score (nSPS) is 13.0. The van der Waals surface area contributed by atoms with Crippen molar-refractivity contribution in [1.82, 2.24) is 0 Å². The first-order chi connectivity index (χ1) is 5.71. The molecule has 0 aliphatic carbocycles. The van der Waals surface area contributed by atoms with Gasteiger partial charge in [-0.15, -0.1) is 0 Å². The second-order valence-corrected chi connectivity index (χ2v) is 4.62. The van der Waals surface area contributed by atoms with Gasteiger partial charge in [-0.2, -0.15) is 0 Å². The van der Waals surface area contributed by atoms with E-state index in [9.17, 15) is 4.79 Å². The second-order valence-electron chi connectivity index (χ2n) is 4.62. The SMILES string of the molecule is CCOC(C)(C)CC(C)(C)C(N)=O. The molecule has 0 heterocycles. The van der Waals surface area contributed by atoms with E-state index < -0.39 is 5.41 Å². The minimum absolute atomic E-state index is 0.278. The summed E-state index contributed by atoms with van der Waals surface area (Å²) in [7, 11) is 0. The Morgan fingerprint density at radius 2 is 1.77 bits per heavy atom. The summed E-state index contributed by atoms with van der Waals surface area (Å²) in [4.78, 5) is 11.1. The van der Waals surface area contributed by atoms with Crippen molar-refractivity contribution in [1.29, 1.82) is 0 Å².